The highest BCUT2D eigenvalue weighted by molar-refractivity contribution is 5.95. The van der Waals surface area contributed by atoms with Crippen molar-refractivity contribution in [1.82, 2.24) is 9.78 Å². The number of amidine groups is 1. The fourth-order valence-corrected chi connectivity index (χ4v) is 1.22. The van der Waals surface area contributed by atoms with Crippen LogP contribution in [0.2, 0.25) is 0 Å². The molecule has 4 heteroatoms. The average Bonchev–Trinajstić information content (AvgIpc) is 2.43. The van der Waals surface area contributed by atoms with Crippen molar-refractivity contribution < 1.29 is 0 Å². The molecule has 0 atom stereocenters. The van der Waals surface area contributed by atoms with Crippen molar-refractivity contribution in [2.24, 2.45) is 5.73 Å². The number of nitrogens with two attached hydrogens (primary N) is 1. The number of nitrogens with one attached hydrogen (secondary N) is 1. The molecular formula is C9H16N4. The highest BCUT2D eigenvalue weighted by Gasteiger charge is 2.06. The van der Waals surface area contributed by atoms with Crippen molar-refractivity contribution in [1.29, 1.82) is 5.41 Å². The first kappa shape index (κ1) is 9.77. The maximum absolute atomic E-state index is 7.29. The first-order chi connectivity index (χ1) is 6.15. The summed E-state index contributed by atoms with van der Waals surface area (Å²) in [6.07, 6.45) is 4.10. The molecular weight excluding hydrogens is 164 g/mol. The van der Waals surface area contributed by atoms with Gasteiger partial charge in [0, 0.05) is 12.7 Å². The largest absolute Gasteiger partial charge is 0.384 e. The van der Waals surface area contributed by atoms with E-state index in [1.54, 1.807) is 0 Å². The van der Waals surface area contributed by atoms with Crippen molar-refractivity contribution in [2.75, 3.05) is 0 Å². The van der Waals surface area contributed by atoms with Gasteiger partial charge in [-0.1, -0.05) is 13.3 Å². The Morgan fingerprint density at radius 1 is 1.69 bits per heavy atom. The van der Waals surface area contributed by atoms with E-state index in [0.29, 0.717) is 0 Å². The highest BCUT2D eigenvalue weighted by Crippen LogP contribution is 2.05. The van der Waals surface area contributed by atoms with Gasteiger partial charge < -0.3 is 5.73 Å². The summed E-state index contributed by atoms with van der Waals surface area (Å²) in [7, 11) is 0. The molecule has 0 aliphatic heterocycles. The van der Waals surface area contributed by atoms with Crippen LogP contribution >= 0.6 is 0 Å². The second-order valence-electron chi connectivity index (χ2n) is 3.16. The molecule has 0 radical (unpaired) electrons. The van der Waals surface area contributed by atoms with E-state index < -0.39 is 0 Å². The summed E-state index contributed by atoms with van der Waals surface area (Å²) in [5, 5.41) is 11.6. The zero-order valence-electron chi connectivity index (χ0n) is 8.17. The Bertz CT molecular complexity index is 301. The van der Waals surface area contributed by atoms with E-state index in [2.05, 4.69) is 12.0 Å². The third kappa shape index (κ3) is 2.31. The number of aryl methyl sites for hydroxylation is 2. The summed E-state index contributed by atoms with van der Waals surface area (Å²) in [6, 6.07) is 0. The van der Waals surface area contributed by atoms with Gasteiger partial charge in [-0.25, -0.2) is 0 Å². The molecule has 0 aliphatic carbocycles. The quantitative estimate of drug-likeness (QED) is 0.541. The van der Waals surface area contributed by atoms with Crippen LogP contribution in [-0.4, -0.2) is 15.6 Å². The van der Waals surface area contributed by atoms with E-state index >= 15 is 0 Å². The molecule has 3 N–H and O–H groups in total. The van der Waals surface area contributed by atoms with Gasteiger partial charge in [-0.3, -0.25) is 10.1 Å². The second kappa shape index (κ2) is 4.07. The normalized spacial score (nSPS) is 10.3. The van der Waals surface area contributed by atoms with Gasteiger partial charge >= 0.3 is 0 Å². The molecule has 4 nitrogen and oxygen atoms in total. The maximum atomic E-state index is 7.29. The van der Waals surface area contributed by atoms with Gasteiger partial charge in [-0.05, 0) is 13.3 Å². The van der Waals surface area contributed by atoms with Crippen molar-refractivity contribution in [3.05, 3.63) is 17.5 Å². The maximum Gasteiger partial charge on any atom is 0.126 e. The lowest BCUT2D eigenvalue weighted by Crippen LogP contribution is -2.11. The summed E-state index contributed by atoms with van der Waals surface area (Å²) in [5.74, 6) is 0.0975. The lowest BCUT2D eigenvalue weighted by atomic mass is 10.2. The van der Waals surface area contributed by atoms with Crippen molar-refractivity contribution in [2.45, 2.75) is 33.2 Å². The molecule has 0 aliphatic rings. The van der Waals surface area contributed by atoms with Crippen LogP contribution in [0.15, 0.2) is 6.20 Å². The van der Waals surface area contributed by atoms with Gasteiger partial charge in [0.2, 0.25) is 0 Å². The molecule has 0 saturated heterocycles. The van der Waals surface area contributed by atoms with Gasteiger partial charge in [-0.15, -0.1) is 0 Å². The lowest BCUT2D eigenvalue weighted by Gasteiger charge is -1.96. The summed E-state index contributed by atoms with van der Waals surface area (Å²) in [6.45, 7) is 4.92. The Kier molecular flexibility index (Phi) is 3.06. The topological polar surface area (TPSA) is 67.7 Å². The zero-order valence-corrected chi connectivity index (χ0v) is 8.17. The number of nitrogen functional groups attached to an aromatic ring is 1. The summed E-state index contributed by atoms with van der Waals surface area (Å²) in [4.78, 5) is 0. The lowest BCUT2D eigenvalue weighted by molar-refractivity contribution is 0.568. The molecule has 1 aromatic rings. The molecule has 0 spiro atoms. The Morgan fingerprint density at radius 2 is 2.38 bits per heavy atom. The first-order valence-corrected chi connectivity index (χ1v) is 4.53. The van der Waals surface area contributed by atoms with Gasteiger partial charge in [0.1, 0.15) is 5.84 Å². The number of aromatic nitrogens is 2. The zero-order chi connectivity index (χ0) is 9.84. The van der Waals surface area contributed by atoms with Crippen LogP contribution in [0.4, 0.5) is 0 Å². The fraction of sp³-hybridized carbons (Fsp3) is 0.556. The Hall–Kier alpha value is -1.32. The van der Waals surface area contributed by atoms with Crippen molar-refractivity contribution >= 4 is 5.84 Å². The average molecular weight is 180 g/mol. The number of hydrogen-bond acceptors (Lipinski definition) is 2. The molecule has 1 aromatic heterocycles. The number of nitrogens with zero attached hydrogens (tertiary/aromatic N) is 2. The monoisotopic (exact) mass is 180 g/mol. The molecule has 1 rings (SSSR count). The summed E-state index contributed by atoms with van der Waals surface area (Å²) >= 11 is 0. The highest BCUT2D eigenvalue weighted by atomic mass is 15.3. The van der Waals surface area contributed by atoms with E-state index in [4.69, 9.17) is 11.1 Å². The predicted molar refractivity (Wildman–Crippen MR) is 52.9 cm³/mol. The van der Waals surface area contributed by atoms with Crippen LogP contribution in [0.5, 0.6) is 0 Å². The Labute approximate surface area is 78.3 Å². The van der Waals surface area contributed by atoms with Gasteiger partial charge in [0.25, 0.3) is 0 Å². The number of rotatable bonds is 4. The molecule has 0 unspecified atom stereocenters. The van der Waals surface area contributed by atoms with Crippen molar-refractivity contribution in [3.63, 3.8) is 0 Å². The van der Waals surface area contributed by atoms with Crippen LogP contribution in [0.3, 0.4) is 0 Å². The van der Waals surface area contributed by atoms with E-state index in [-0.39, 0.29) is 5.84 Å². The van der Waals surface area contributed by atoms with E-state index in [9.17, 15) is 0 Å². The SMILES string of the molecule is CCCCn1cc(C(=N)N)c(C)n1. The molecule has 0 saturated carbocycles. The summed E-state index contributed by atoms with van der Waals surface area (Å²) in [5.41, 5.74) is 6.97. The second-order valence-corrected chi connectivity index (χ2v) is 3.16. The van der Waals surface area contributed by atoms with Gasteiger partial charge in [0.15, 0.2) is 0 Å². The van der Waals surface area contributed by atoms with Crippen LogP contribution in [-0.2, 0) is 6.54 Å². The van der Waals surface area contributed by atoms with E-state index in [1.807, 2.05) is 17.8 Å². The standard InChI is InChI=1S/C9H16N4/c1-3-4-5-13-6-8(9(10)11)7(2)12-13/h6H,3-5H2,1-2H3,(H3,10,11). The Balaban J connectivity index is 2.76. The minimum Gasteiger partial charge on any atom is -0.384 e. The van der Waals surface area contributed by atoms with Crippen LogP contribution in [0.25, 0.3) is 0 Å². The Morgan fingerprint density at radius 3 is 2.85 bits per heavy atom. The van der Waals surface area contributed by atoms with Crippen LogP contribution in [0, 0.1) is 12.3 Å². The van der Waals surface area contributed by atoms with Crippen LogP contribution < -0.4 is 5.73 Å². The molecule has 1 heterocycles. The molecule has 72 valence electrons. The molecule has 0 fully saturated rings. The smallest absolute Gasteiger partial charge is 0.126 e. The van der Waals surface area contributed by atoms with Gasteiger partial charge in [-0.2, -0.15) is 5.10 Å². The third-order valence-corrected chi connectivity index (χ3v) is 1.98. The fourth-order valence-electron chi connectivity index (χ4n) is 1.22. The van der Waals surface area contributed by atoms with E-state index in [0.717, 1.165) is 30.6 Å². The predicted octanol–water partition coefficient (Wildman–Crippen LogP) is 1.28. The van der Waals surface area contributed by atoms with Crippen LogP contribution in [0.1, 0.15) is 31.0 Å². The summed E-state index contributed by atoms with van der Waals surface area (Å²) < 4.78 is 1.86. The molecule has 0 aromatic carbocycles. The molecule has 0 amide bonds. The minimum absolute atomic E-state index is 0.0975. The first-order valence-electron chi connectivity index (χ1n) is 4.53. The van der Waals surface area contributed by atoms with Gasteiger partial charge in [0.05, 0.1) is 11.3 Å². The van der Waals surface area contributed by atoms with Crippen molar-refractivity contribution in [3.8, 4) is 0 Å². The number of unbranched alkanes of at least 4 members (excludes halogenated alkanes) is 1. The van der Waals surface area contributed by atoms with E-state index in [1.165, 1.54) is 0 Å². The number of hydrogen-bond donors (Lipinski definition) is 2. The third-order valence-electron chi connectivity index (χ3n) is 1.98. The minimum atomic E-state index is 0.0975. The molecule has 13 heavy (non-hydrogen) atoms. The molecule has 0 bridgehead atoms.